The minimum absolute atomic E-state index is 0.194. The molecule has 0 radical (unpaired) electrons. The van der Waals surface area contributed by atoms with E-state index in [0.717, 1.165) is 25.7 Å². The van der Waals surface area contributed by atoms with Gasteiger partial charge in [-0.25, -0.2) is 14.1 Å². The number of hydrogen-bond donors (Lipinski definition) is 4. The molecule has 3 heterocycles. The van der Waals surface area contributed by atoms with Crippen LogP contribution in [0.15, 0.2) is 48.8 Å². The first kappa shape index (κ1) is 31.9. The van der Waals surface area contributed by atoms with Crippen molar-refractivity contribution in [1.29, 1.82) is 0 Å². The Hall–Kier alpha value is -3.06. The Balaban J connectivity index is 1.17. The van der Waals surface area contributed by atoms with Gasteiger partial charge in [-0.05, 0) is 75.1 Å². The van der Waals surface area contributed by atoms with Crippen LogP contribution in [0.1, 0.15) is 72.1 Å². The number of nitrogen functional groups attached to an aromatic ring is 1. The highest BCUT2D eigenvalue weighted by atomic mass is 31.2. The van der Waals surface area contributed by atoms with Gasteiger partial charge in [-0.2, -0.15) is 10.2 Å². The highest BCUT2D eigenvalue weighted by Crippen LogP contribution is 2.68. The quantitative estimate of drug-likeness (QED) is 0.195. The number of nitrogens with one attached hydrogen (secondary N) is 1. The van der Waals surface area contributed by atoms with Gasteiger partial charge in [-0.15, -0.1) is 0 Å². The fourth-order valence-electron chi connectivity index (χ4n) is 6.76. The number of anilines is 1. The predicted octanol–water partition coefficient (Wildman–Crippen LogP) is 3.95. The van der Waals surface area contributed by atoms with Crippen LogP contribution in [0, 0.1) is 11.3 Å². The second-order valence-corrected chi connectivity index (χ2v) is 15.3. The minimum Gasteiger partial charge on any atom is -0.461 e. The molecular weight excluding hydrogens is 601 g/mol. The zero-order valence-corrected chi connectivity index (χ0v) is 27.0. The van der Waals surface area contributed by atoms with Gasteiger partial charge in [-0.1, -0.05) is 39.0 Å². The fraction of sp³-hybridized carbons (Fsp3) is 0.581. The highest BCUT2D eigenvalue weighted by Gasteiger charge is 2.87. The number of nitrogens with zero attached hydrogens (tertiary/aromatic N) is 3. The van der Waals surface area contributed by atoms with Crippen molar-refractivity contribution in [1.82, 2.24) is 19.7 Å². The lowest BCUT2D eigenvalue weighted by molar-refractivity contribution is -0.153. The third kappa shape index (κ3) is 5.64. The summed E-state index contributed by atoms with van der Waals surface area (Å²) in [5.74, 6) is 0.429. The summed E-state index contributed by atoms with van der Waals surface area (Å²) < 4.78 is 39.5. The van der Waals surface area contributed by atoms with Gasteiger partial charge in [-0.3, -0.25) is 9.32 Å². The number of aliphatic hydroxyl groups excluding tert-OH is 1. The average molecular weight is 644 g/mol. The molecule has 2 aromatic heterocycles. The Morgan fingerprint density at radius 3 is 2.49 bits per heavy atom. The number of carbonyl (C=O) groups is 1. The number of aliphatic hydroxyl groups is 2. The lowest BCUT2D eigenvalue weighted by Gasteiger charge is -2.37. The first-order chi connectivity index (χ1) is 21.2. The Morgan fingerprint density at radius 1 is 1.18 bits per heavy atom. The van der Waals surface area contributed by atoms with Crippen molar-refractivity contribution in [3.8, 4) is 5.75 Å². The van der Waals surface area contributed by atoms with Crippen LogP contribution < -0.4 is 15.3 Å². The van der Waals surface area contributed by atoms with Crippen molar-refractivity contribution >= 4 is 25.1 Å². The second-order valence-electron chi connectivity index (χ2n) is 13.6. The molecule has 3 aliphatic rings. The Bertz CT molecular complexity index is 1610. The van der Waals surface area contributed by atoms with E-state index < -0.39 is 49.3 Å². The fourth-order valence-corrected chi connectivity index (χ4v) is 8.53. The van der Waals surface area contributed by atoms with Crippen molar-refractivity contribution in [3.05, 3.63) is 54.5 Å². The molecule has 1 aromatic carbocycles. The molecule has 3 aromatic rings. The Labute approximate surface area is 262 Å². The number of hydrogen-bond acceptors (Lipinski definition) is 11. The normalized spacial score (nSPS) is 33.3. The summed E-state index contributed by atoms with van der Waals surface area (Å²) in [6.45, 7) is 9.75. The minimum atomic E-state index is -4.37. The number of benzene rings is 1. The monoisotopic (exact) mass is 643 g/mol. The van der Waals surface area contributed by atoms with Gasteiger partial charge < -0.3 is 29.9 Å². The van der Waals surface area contributed by atoms with Crippen LogP contribution in [-0.2, 0) is 23.4 Å². The molecule has 14 heteroatoms. The van der Waals surface area contributed by atoms with E-state index >= 15 is 0 Å². The van der Waals surface area contributed by atoms with Gasteiger partial charge in [0, 0.05) is 0 Å². The number of carbonyl (C=O) groups excluding carboxylic acids is 1. The van der Waals surface area contributed by atoms with Crippen LogP contribution in [0.3, 0.4) is 0 Å². The van der Waals surface area contributed by atoms with Gasteiger partial charge in [0.1, 0.15) is 53.7 Å². The van der Waals surface area contributed by atoms with Crippen LogP contribution in [-0.4, -0.2) is 66.3 Å². The molecule has 7 atom stereocenters. The zero-order chi connectivity index (χ0) is 32.4. The third-order valence-corrected chi connectivity index (χ3v) is 11.3. The molecule has 13 nitrogen and oxygen atoms in total. The first-order valence-electron chi connectivity index (χ1n) is 15.3. The van der Waals surface area contributed by atoms with E-state index in [1.54, 1.807) is 49.4 Å². The van der Waals surface area contributed by atoms with Crippen molar-refractivity contribution in [2.24, 2.45) is 11.3 Å². The summed E-state index contributed by atoms with van der Waals surface area (Å²) in [4.78, 5) is 17.1. The smallest absolute Gasteiger partial charge is 0.459 e. The van der Waals surface area contributed by atoms with Gasteiger partial charge in [0.05, 0.1) is 5.69 Å². The van der Waals surface area contributed by atoms with E-state index in [1.807, 2.05) is 0 Å². The first-order valence-corrected chi connectivity index (χ1v) is 16.9. The van der Waals surface area contributed by atoms with Gasteiger partial charge in [0.15, 0.2) is 11.4 Å². The molecule has 0 bridgehead atoms. The largest absolute Gasteiger partial charge is 0.461 e. The number of rotatable bonds is 9. The van der Waals surface area contributed by atoms with E-state index in [4.69, 9.17) is 24.3 Å². The van der Waals surface area contributed by atoms with E-state index in [-0.39, 0.29) is 23.1 Å². The summed E-state index contributed by atoms with van der Waals surface area (Å²) in [6, 6.07) is 10.6. The van der Waals surface area contributed by atoms with Crippen molar-refractivity contribution < 1.29 is 38.1 Å². The van der Waals surface area contributed by atoms with E-state index in [0.29, 0.717) is 17.1 Å². The molecule has 2 aliphatic carbocycles. The van der Waals surface area contributed by atoms with Crippen molar-refractivity contribution in [2.45, 2.75) is 102 Å². The molecule has 6 rings (SSSR count). The maximum Gasteiger partial charge on any atom is 0.459 e. The van der Waals surface area contributed by atoms with Gasteiger partial charge in [0.25, 0.3) is 0 Å². The molecule has 0 amide bonds. The molecule has 5 N–H and O–H groups in total. The lowest BCUT2D eigenvalue weighted by atomic mass is 9.72. The van der Waals surface area contributed by atoms with Crippen LogP contribution in [0.25, 0.3) is 5.52 Å². The second kappa shape index (κ2) is 11.3. The van der Waals surface area contributed by atoms with Crippen LogP contribution in [0.2, 0.25) is 0 Å². The molecular formula is C31H42N5O8P. The number of ether oxygens (including phenoxy) is 2. The standard InChI is InChI=1S/C31H42N5O8P/c1-18(27(38)41-20-13-11-19(12-14-20)29(2,3)4)35-45(40,43-21-9-7-6-8-10-21)44-28-30(5)31(28,39)25(37)24(42-30)22-15-16-23-26(32)33-17-34-36(22)23/h6-10,15-20,24-25,28,37,39H,11-14H2,1-5H3,(H,35,40)(H2,32,33,34)/t18-,19-,20-,24-,25-,28?,30+,31+,45+/m0/s1. The van der Waals surface area contributed by atoms with Crippen molar-refractivity contribution in [2.75, 3.05) is 5.73 Å². The van der Waals surface area contributed by atoms with Crippen LogP contribution in [0.5, 0.6) is 5.75 Å². The zero-order valence-electron chi connectivity index (χ0n) is 26.1. The molecule has 2 saturated carbocycles. The van der Waals surface area contributed by atoms with Crippen LogP contribution >= 0.6 is 7.75 Å². The predicted molar refractivity (Wildman–Crippen MR) is 164 cm³/mol. The van der Waals surface area contributed by atoms with Crippen molar-refractivity contribution in [3.63, 3.8) is 0 Å². The summed E-state index contributed by atoms with van der Waals surface area (Å²) in [5.41, 5.74) is 3.69. The average Bonchev–Trinajstić information content (AvgIpc) is 3.25. The molecule has 3 fully saturated rings. The number of para-hydroxylation sites is 1. The topological polar surface area (TPSA) is 180 Å². The van der Waals surface area contributed by atoms with Gasteiger partial charge >= 0.3 is 13.7 Å². The number of nitrogens with two attached hydrogens (primary N) is 1. The van der Waals surface area contributed by atoms with Gasteiger partial charge in [0.2, 0.25) is 0 Å². The SMILES string of the molecule is C[C@H](N[P@@](=O)(Oc1ccccc1)OC1[C@@]2(C)O[C@@H](c3ccc4c(N)ncnn34)[C@H](O)[C@@]12O)C(=O)O[C@H]1CC[C@H](C(C)(C)C)CC1. The molecule has 1 aliphatic heterocycles. The maximum absolute atomic E-state index is 14.3. The summed E-state index contributed by atoms with van der Waals surface area (Å²) >= 11 is 0. The maximum atomic E-state index is 14.3. The molecule has 45 heavy (non-hydrogen) atoms. The number of esters is 1. The number of fused-ring (bicyclic) bond motifs is 2. The Kier molecular flexibility index (Phi) is 8.03. The van der Waals surface area contributed by atoms with E-state index in [2.05, 4.69) is 35.9 Å². The van der Waals surface area contributed by atoms with Crippen LogP contribution in [0.4, 0.5) is 5.82 Å². The van der Waals surface area contributed by atoms with E-state index in [1.165, 1.54) is 17.8 Å². The summed E-state index contributed by atoms with van der Waals surface area (Å²) in [6.07, 6.45) is 0.737. The highest BCUT2D eigenvalue weighted by molar-refractivity contribution is 7.52. The Morgan fingerprint density at radius 2 is 1.87 bits per heavy atom. The molecule has 244 valence electrons. The third-order valence-electron chi connectivity index (χ3n) is 9.62. The number of aromatic nitrogens is 3. The molecule has 1 saturated heterocycles. The summed E-state index contributed by atoms with van der Waals surface area (Å²) in [5, 5.41) is 29.9. The summed E-state index contributed by atoms with van der Waals surface area (Å²) in [7, 11) is -4.37. The molecule has 0 spiro atoms. The van der Waals surface area contributed by atoms with E-state index in [9.17, 15) is 19.6 Å². The lowest BCUT2D eigenvalue weighted by Crippen LogP contribution is -2.40. The molecule has 1 unspecified atom stereocenters.